The van der Waals surface area contributed by atoms with Crippen molar-refractivity contribution in [1.82, 2.24) is 0 Å². The van der Waals surface area contributed by atoms with Crippen molar-refractivity contribution < 1.29 is 18.9 Å². The molecule has 0 bridgehead atoms. The Morgan fingerprint density at radius 3 is 2.04 bits per heavy atom. The molecule has 0 saturated carbocycles. The lowest BCUT2D eigenvalue weighted by atomic mass is 10.2. The van der Waals surface area contributed by atoms with E-state index in [0.717, 1.165) is 28.3 Å². The summed E-state index contributed by atoms with van der Waals surface area (Å²) in [4.78, 5) is 0. The first-order chi connectivity index (χ1) is 13.7. The second-order valence-electron chi connectivity index (χ2n) is 6.21. The maximum atomic E-state index is 5.99. The second kappa shape index (κ2) is 9.55. The smallest absolute Gasteiger partial charge is 0.162 e. The third-order valence-electron chi connectivity index (χ3n) is 4.31. The van der Waals surface area contributed by atoms with Crippen molar-refractivity contribution in [3.05, 3.63) is 77.9 Å². The summed E-state index contributed by atoms with van der Waals surface area (Å²) in [5.74, 6) is 2.91. The summed E-state index contributed by atoms with van der Waals surface area (Å²) >= 11 is 0. The SMILES string of the molecule is COc1cc(NCc2ccc(OC)c(OCc3ccccc3)c2)cc(OC)c1. The highest BCUT2D eigenvalue weighted by Crippen LogP contribution is 2.30. The Balaban J connectivity index is 1.70. The normalized spacial score (nSPS) is 10.2. The molecule has 0 amide bonds. The highest BCUT2D eigenvalue weighted by molar-refractivity contribution is 5.54. The van der Waals surface area contributed by atoms with Gasteiger partial charge in [-0.1, -0.05) is 36.4 Å². The topological polar surface area (TPSA) is 49.0 Å². The van der Waals surface area contributed by atoms with Gasteiger partial charge in [0.1, 0.15) is 18.1 Å². The van der Waals surface area contributed by atoms with E-state index in [0.29, 0.717) is 24.7 Å². The van der Waals surface area contributed by atoms with Gasteiger partial charge in [0.05, 0.1) is 21.3 Å². The van der Waals surface area contributed by atoms with Crippen LogP contribution in [0.4, 0.5) is 5.69 Å². The van der Waals surface area contributed by atoms with Gasteiger partial charge in [0.15, 0.2) is 11.5 Å². The highest BCUT2D eigenvalue weighted by atomic mass is 16.5. The van der Waals surface area contributed by atoms with Gasteiger partial charge in [-0.2, -0.15) is 0 Å². The van der Waals surface area contributed by atoms with E-state index in [-0.39, 0.29) is 0 Å². The first kappa shape index (κ1) is 19.4. The molecular formula is C23H25NO4. The molecule has 0 unspecified atom stereocenters. The van der Waals surface area contributed by atoms with Crippen LogP contribution in [0.1, 0.15) is 11.1 Å². The van der Waals surface area contributed by atoms with Crippen molar-refractivity contribution in [1.29, 1.82) is 0 Å². The molecule has 146 valence electrons. The van der Waals surface area contributed by atoms with E-state index >= 15 is 0 Å². The molecule has 0 heterocycles. The van der Waals surface area contributed by atoms with Crippen LogP contribution in [-0.2, 0) is 13.2 Å². The van der Waals surface area contributed by atoms with E-state index < -0.39 is 0 Å². The largest absolute Gasteiger partial charge is 0.497 e. The van der Waals surface area contributed by atoms with Crippen molar-refractivity contribution >= 4 is 5.69 Å². The molecule has 0 spiro atoms. The number of anilines is 1. The molecule has 0 aliphatic rings. The fourth-order valence-electron chi connectivity index (χ4n) is 2.79. The Morgan fingerprint density at radius 2 is 1.39 bits per heavy atom. The minimum absolute atomic E-state index is 0.487. The number of nitrogens with one attached hydrogen (secondary N) is 1. The van der Waals surface area contributed by atoms with Gasteiger partial charge < -0.3 is 24.3 Å². The van der Waals surface area contributed by atoms with Crippen molar-refractivity contribution in [2.24, 2.45) is 0 Å². The average molecular weight is 379 g/mol. The molecule has 28 heavy (non-hydrogen) atoms. The number of hydrogen-bond acceptors (Lipinski definition) is 5. The van der Waals surface area contributed by atoms with Crippen LogP contribution in [0, 0.1) is 0 Å². The predicted molar refractivity (Wildman–Crippen MR) is 111 cm³/mol. The second-order valence-corrected chi connectivity index (χ2v) is 6.21. The Labute approximate surface area is 165 Å². The van der Waals surface area contributed by atoms with Crippen molar-refractivity contribution in [2.45, 2.75) is 13.2 Å². The maximum absolute atomic E-state index is 5.99. The number of ether oxygens (including phenoxy) is 4. The lowest BCUT2D eigenvalue weighted by Crippen LogP contribution is -2.02. The van der Waals surface area contributed by atoms with Gasteiger partial charge >= 0.3 is 0 Å². The molecule has 5 heteroatoms. The van der Waals surface area contributed by atoms with Gasteiger partial charge in [-0.25, -0.2) is 0 Å². The standard InChI is InChI=1S/C23H25NO4/c1-25-20-12-19(13-21(14-20)26-2)24-15-18-9-10-22(27-3)23(11-18)28-16-17-7-5-4-6-8-17/h4-14,24H,15-16H2,1-3H3. The molecular weight excluding hydrogens is 354 g/mol. The van der Waals surface area contributed by atoms with E-state index in [9.17, 15) is 0 Å². The monoisotopic (exact) mass is 379 g/mol. The van der Waals surface area contributed by atoms with E-state index in [1.54, 1.807) is 21.3 Å². The first-order valence-electron chi connectivity index (χ1n) is 9.02. The van der Waals surface area contributed by atoms with Gasteiger partial charge in [0.25, 0.3) is 0 Å². The zero-order chi connectivity index (χ0) is 19.8. The summed E-state index contributed by atoms with van der Waals surface area (Å²) < 4.78 is 22.1. The molecule has 0 aromatic heterocycles. The van der Waals surface area contributed by atoms with E-state index in [1.807, 2.05) is 66.7 Å². The molecule has 3 aromatic rings. The van der Waals surface area contributed by atoms with Crippen molar-refractivity contribution in [3.8, 4) is 23.0 Å². The Hall–Kier alpha value is -3.34. The fourth-order valence-corrected chi connectivity index (χ4v) is 2.79. The molecule has 3 rings (SSSR count). The molecule has 0 saturated heterocycles. The van der Waals surface area contributed by atoms with Gasteiger partial charge in [-0.3, -0.25) is 0 Å². The summed E-state index contributed by atoms with van der Waals surface area (Å²) in [6.45, 7) is 1.11. The van der Waals surface area contributed by atoms with Crippen LogP contribution < -0.4 is 24.3 Å². The Morgan fingerprint density at radius 1 is 0.679 bits per heavy atom. The van der Waals surface area contributed by atoms with Crippen LogP contribution in [0.25, 0.3) is 0 Å². The van der Waals surface area contributed by atoms with Crippen molar-refractivity contribution in [2.75, 3.05) is 26.6 Å². The van der Waals surface area contributed by atoms with Crippen molar-refractivity contribution in [3.63, 3.8) is 0 Å². The van der Waals surface area contributed by atoms with Crippen LogP contribution in [0.3, 0.4) is 0 Å². The number of methoxy groups -OCH3 is 3. The predicted octanol–water partition coefficient (Wildman–Crippen LogP) is 4.90. The quantitative estimate of drug-likeness (QED) is 0.573. The van der Waals surface area contributed by atoms with Crippen LogP contribution in [-0.4, -0.2) is 21.3 Å². The van der Waals surface area contributed by atoms with Crippen LogP contribution >= 0.6 is 0 Å². The molecule has 3 aromatic carbocycles. The lowest BCUT2D eigenvalue weighted by Gasteiger charge is -2.14. The van der Waals surface area contributed by atoms with E-state index in [2.05, 4.69) is 5.32 Å². The fraction of sp³-hybridized carbons (Fsp3) is 0.217. The third-order valence-corrected chi connectivity index (χ3v) is 4.31. The maximum Gasteiger partial charge on any atom is 0.162 e. The third kappa shape index (κ3) is 5.10. The highest BCUT2D eigenvalue weighted by Gasteiger charge is 2.08. The van der Waals surface area contributed by atoms with E-state index in [1.165, 1.54) is 0 Å². The average Bonchev–Trinajstić information content (AvgIpc) is 2.76. The molecule has 0 fully saturated rings. The van der Waals surface area contributed by atoms with Gasteiger partial charge in [-0.15, -0.1) is 0 Å². The van der Waals surface area contributed by atoms with Gasteiger partial charge in [-0.05, 0) is 23.3 Å². The van der Waals surface area contributed by atoms with Crippen LogP contribution in [0.2, 0.25) is 0 Å². The summed E-state index contributed by atoms with van der Waals surface area (Å²) in [6, 6.07) is 21.7. The van der Waals surface area contributed by atoms with Gasteiger partial charge in [0.2, 0.25) is 0 Å². The molecule has 5 nitrogen and oxygen atoms in total. The Bertz CT molecular complexity index is 874. The molecule has 0 atom stereocenters. The zero-order valence-corrected chi connectivity index (χ0v) is 16.4. The zero-order valence-electron chi connectivity index (χ0n) is 16.4. The summed E-state index contributed by atoms with van der Waals surface area (Å²) in [6.07, 6.45) is 0. The lowest BCUT2D eigenvalue weighted by molar-refractivity contribution is 0.284. The first-order valence-corrected chi connectivity index (χ1v) is 9.02. The minimum Gasteiger partial charge on any atom is -0.497 e. The number of rotatable bonds is 9. The summed E-state index contributed by atoms with van der Waals surface area (Å²) in [5.41, 5.74) is 3.10. The molecule has 0 aliphatic carbocycles. The molecule has 0 radical (unpaired) electrons. The molecule has 0 aliphatic heterocycles. The van der Waals surface area contributed by atoms with Crippen LogP contribution in [0.5, 0.6) is 23.0 Å². The number of benzene rings is 3. The molecule has 1 N–H and O–H groups in total. The number of hydrogen-bond donors (Lipinski definition) is 1. The Kier molecular flexibility index (Phi) is 6.63. The summed E-state index contributed by atoms with van der Waals surface area (Å²) in [5, 5.41) is 3.39. The van der Waals surface area contributed by atoms with Crippen LogP contribution in [0.15, 0.2) is 66.7 Å². The minimum atomic E-state index is 0.487. The summed E-state index contributed by atoms with van der Waals surface area (Å²) in [7, 11) is 4.92. The van der Waals surface area contributed by atoms with E-state index in [4.69, 9.17) is 18.9 Å². The van der Waals surface area contributed by atoms with Gasteiger partial charge in [0, 0.05) is 30.4 Å².